The van der Waals surface area contributed by atoms with Gasteiger partial charge in [-0.05, 0) is 60.7 Å². The smallest absolute Gasteiger partial charge is 0.0962 e. The molecule has 0 spiro atoms. The number of aliphatic hydroxyl groups excluding tert-OH is 3. The Kier molecular flexibility index (Phi) is 2.96. The Morgan fingerprint density at radius 2 is 1.86 bits per heavy atom. The highest BCUT2D eigenvalue weighted by molar-refractivity contribution is 5.43. The quantitative estimate of drug-likeness (QED) is 0.603. The topological polar surface area (TPSA) is 60.7 Å². The van der Waals surface area contributed by atoms with E-state index in [1.807, 2.05) is 18.2 Å². The number of fused-ring (bicyclic) bond motifs is 5. The van der Waals surface area contributed by atoms with Gasteiger partial charge in [0.25, 0.3) is 0 Å². The van der Waals surface area contributed by atoms with Crippen LogP contribution in [0.5, 0.6) is 0 Å². The number of aliphatic hydroxyl groups is 3. The molecule has 0 heterocycles. The van der Waals surface area contributed by atoms with Crippen molar-refractivity contribution in [2.45, 2.75) is 51.7 Å². The fourth-order valence-electron chi connectivity index (χ4n) is 5.81. The third kappa shape index (κ3) is 1.70. The van der Waals surface area contributed by atoms with E-state index in [-0.39, 0.29) is 22.9 Å². The van der Waals surface area contributed by atoms with E-state index in [2.05, 4.69) is 19.9 Å². The van der Waals surface area contributed by atoms with E-state index >= 15 is 0 Å². The van der Waals surface area contributed by atoms with E-state index in [1.54, 1.807) is 0 Å². The first-order valence-corrected chi connectivity index (χ1v) is 8.54. The molecule has 2 saturated carbocycles. The van der Waals surface area contributed by atoms with Crippen LogP contribution in [0.2, 0.25) is 0 Å². The van der Waals surface area contributed by atoms with Crippen LogP contribution in [-0.2, 0) is 0 Å². The first-order chi connectivity index (χ1) is 10.4. The number of allylic oxidation sites excluding steroid dienone is 4. The van der Waals surface area contributed by atoms with Crippen molar-refractivity contribution < 1.29 is 15.3 Å². The molecule has 0 amide bonds. The summed E-state index contributed by atoms with van der Waals surface area (Å²) in [5, 5.41) is 31.0. The first kappa shape index (κ1) is 14.5. The van der Waals surface area contributed by atoms with Gasteiger partial charge in [-0.3, -0.25) is 0 Å². The Morgan fingerprint density at radius 3 is 2.64 bits per heavy atom. The maximum Gasteiger partial charge on any atom is 0.0962 e. The van der Waals surface area contributed by atoms with Crippen LogP contribution in [0, 0.1) is 28.6 Å². The molecule has 4 aliphatic rings. The molecule has 4 rings (SSSR count). The zero-order valence-corrected chi connectivity index (χ0v) is 13.4. The third-order valence-corrected chi connectivity index (χ3v) is 7.25. The maximum atomic E-state index is 10.7. The molecule has 4 aliphatic carbocycles. The van der Waals surface area contributed by atoms with Crippen molar-refractivity contribution in [3.63, 3.8) is 0 Å². The molecule has 0 aromatic carbocycles. The van der Waals surface area contributed by atoms with E-state index in [9.17, 15) is 15.3 Å². The minimum atomic E-state index is -0.550. The summed E-state index contributed by atoms with van der Waals surface area (Å²) in [5.74, 6) is 1.31. The summed E-state index contributed by atoms with van der Waals surface area (Å²) < 4.78 is 0. The van der Waals surface area contributed by atoms with Crippen LogP contribution < -0.4 is 0 Å². The van der Waals surface area contributed by atoms with E-state index in [0.717, 1.165) is 31.3 Å². The Labute approximate surface area is 132 Å². The van der Waals surface area contributed by atoms with Gasteiger partial charge >= 0.3 is 0 Å². The van der Waals surface area contributed by atoms with Crippen LogP contribution in [0.15, 0.2) is 35.6 Å². The van der Waals surface area contributed by atoms with Crippen molar-refractivity contribution in [1.29, 1.82) is 0 Å². The Bertz CT molecular complexity index is 589. The van der Waals surface area contributed by atoms with Crippen molar-refractivity contribution in [3.05, 3.63) is 35.6 Å². The van der Waals surface area contributed by atoms with Gasteiger partial charge in [0.2, 0.25) is 0 Å². The highest BCUT2D eigenvalue weighted by Crippen LogP contribution is 2.64. The second-order valence-electron chi connectivity index (χ2n) is 8.20. The van der Waals surface area contributed by atoms with Crippen LogP contribution in [-0.4, -0.2) is 27.5 Å². The second kappa shape index (κ2) is 4.48. The van der Waals surface area contributed by atoms with Gasteiger partial charge in [0, 0.05) is 11.3 Å². The van der Waals surface area contributed by atoms with Crippen LogP contribution in [0.3, 0.4) is 0 Å². The first-order valence-electron chi connectivity index (χ1n) is 8.54. The molecule has 120 valence electrons. The highest BCUT2D eigenvalue weighted by atomic mass is 16.3. The molecule has 3 nitrogen and oxygen atoms in total. The van der Waals surface area contributed by atoms with Crippen LogP contribution in [0.1, 0.15) is 39.5 Å². The lowest BCUT2D eigenvalue weighted by Gasteiger charge is -2.55. The van der Waals surface area contributed by atoms with Crippen LogP contribution >= 0.6 is 0 Å². The molecule has 0 aliphatic heterocycles. The fourth-order valence-corrected chi connectivity index (χ4v) is 5.81. The SMILES string of the molecule is C[C@]12CC[C@H]3[C@@H](C(O)=CC4=C[C@@H](O)C=C[C@@]43C)[C@@H]1CC[C@@H]2O. The van der Waals surface area contributed by atoms with Gasteiger partial charge in [-0.2, -0.15) is 0 Å². The van der Waals surface area contributed by atoms with Gasteiger partial charge in [-0.25, -0.2) is 0 Å². The lowest BCUT2D eigenvalue weighted by Crippen LogP contribution is -2.50. The van der Waals surface area contributed by atoms with E-state index in [0.29, 0.717) is 17.6 Å². The fraction of sp³-hybridized carbons (Fsp3) is 0.684. The van der Waals surface area contributed by atoms with E-state index in [1.165, 1.54) is 0 Å². The molecule has 2 fully saturated rings. The van der Waals surface area contributed by atoms with Crippen molar-refractivity contribution in [1.82, 2.24) is 0 Å². The third-order valence-electron chi connectivity index (χ3n) is 7.25. The lowest BCUT2D eigenvalue weighted by molar-refractivity contribution is -0.0528. The molecule has 0 saturated heterocycles. The summed E-state index contributed by atoms with van der Waals surface area (Å²) >= 11 is 0. The zero-order valence-electron chi connectivity index (χ0n) is 13.4. The summed E-state index contributed by atoms with van der Waals surface area (Å²) in [7, 11) is 0. The molecular weight excluding hydrogens is 276 g/mol. The average Bonchev–Trinajstić information content (AvgIpc) is 2.77. The van der Waals surface area contributed by atoms with Crippen LogP contribution in [0.25, 0.3) is 0 Å². The molecule has 3 N–H and O–H groups in total. The molecule has 0 aromatic rings. The van der Waals surface area contributed by atoms with Gasteiger partial charge in [0.1, 0.15) is 0 Å². The predicted molar refractivity (Wildman–Crippen MR) is 85.1 cm³/mol. The van der Waals surface area contributed by atoms with Gasteiger partial charge in [0.05, 0.1) is 18.0 Å². The summed E-state index contributed by atoms with van der Waals surface area (Å²) in [5.41, 5.74) is 0.882. The summed E-state index contributed by atoms with van der Waals surface area (Å²) in [6.45, 7) is 4.43. The number of rotatable bonds is 0. The zero-order chi connectivity index (χ0) is 15.7. The summed E-state index contributed by atoms with van der Waals surface area (Å²) in [4.78, 5) is 0. The molecular formula is C19H26O3. The molecule has 22 heavy (non-hydrogen) atoms. The number of hydrogen-bond acceptors (Lipinski definition) is 3. The van der Waals surface area contributed by atoms with Crippen molar-refractivity contribution in [3.8, 4) is 0 Å². The minimum Gasteiger partial charge on any atom is -0.512 e. The van der Waals surface area contributed by atoms with Crippen molar-refractivity contribution >= 4 is 0 Å². The van der Waals surface area contributed by atoms with Crippen LogP contribution in [0.4, 0.5) is 0 Å². The van der Waals surface area contributed by atoms with Gasteiger partial charge < -0.3 is 15.3 Å². The lowest BCUT2D eigenvalue weighted by atomic mass is 9.50. The molecule has 0 unspecified atom stereocenters. The molecule has 3 heteroatoms. The monoisotopic (exact) mass is 302 g/mol. The summed E-state index contributed by atoms with van der Waals surface area (Å²) in [6.07, 6.45) is 10.9. The Balaban J connectivity index is 1.80. The van der Waals surface area contributed by atoms with E-state index in [4.69, 9.17) is 0 Å². The highest BCUT2D eigenvalue weighted by Gasteiger charge is 2.59. The van der Waals surface area contributed by atoms with Crippen molar-refractivity contribution in [2.24, 2.45) is 28.6 Å². The molecule has 7 atom stereocenters. The van der Waals surface area contributed by atoms with E-state index < -0.39 is 6.10 Å². The minimum absolute atomic E-state index is 0.0571. The Morgan fingerprint density at radius 1 is 1.09 bits per heavy atom. The number of hydrogen-bond donors (Lipinski definition) is 3. The maximum absolute atomic E-state index is 10.7. The average molecular weight is 302 g/mol. The Hall–Kier alpha value is -1.06. The molecule has 0 radical (unpaired) electrons. The standard InChI is InChI=1S/C19H26O3/c1-18-7-5-12(20)9-11(18)10-15(21)17-13-3-4-16(22)19(13,2)8-6-14(17)18/h5,7,9-10,12-14,16-17,20-22H,3-4,6,8H2,1-2H3/t12-,13-,14-,16-,17-,18-,19-/m0/s1. The molecule has 0 bridgehead atoms. The second-order valence-corrected chi connectivity index (χ2v) is 8.20. The largest absolute Gasteiger partial charge is 0.512 e. The van der Waals surface area contributed by atoms with Gasteiger partial charge in [-0.15, -0.1) is 0 Å². The van der Waals surface area contributed by atoms with Crippen molar-refractivity contribution in [2.75, 3.05) is 0 Å². The normalized spacial score (nSPS) is 53.2. The van der Waals surface area contributed by atoms with Gasteiger partial charge in [-0.1, -0.05) is 26.0 Å². The van der Waals surface area contributed by atoms with Gasteiger partial charge in [0.15, 0.2) is 0 Å². The summed E-state index contributed by atoms with van der Waals surface area (Å²) in [6, 6.07) is 0. The molecule has 0 aromatic heterocycles. The predicted octanol–water partition coefficient (Wildman–Crippen LogP) is 3.11.